The van der Waals surface area contributed by atoms with E-state index in [9.17, 15) is 4.79 Å². The van der Waals surface area contributed by atoms with Crippen LogP contribution in [0.2, 0.25) is 0 Å². The fourth-order valence-corrected chi connectivity index (χ4v) is 3.33. The van der Waals surface area contributed by atoms with Crippen LogP contribution in [-0.4, -0.2) is 34.7 Å². The molecule has 1 aromatic heterocycles. The monoisotopic (exact) mass is 378 g/mol. The lowest BCUT2D eigenvalue weighted by Gasteiger charge is -2.22. The van der Waals surface area contributed by atoms with Gasteiger partial charge in [-0.1, -0.05) is 35.0 Å². The number of benzene rings is 2. The maximum absolute atomic E-state index is 12.8. The summed E-state index contributed by atoms with van der Waals surface area (Å²) < 4.78 is 10.6. The summed E-state index contributed by atoms with van der Waals surface area (Å²) in [7, 11) is 1.61. The molecule has 144 valence electrons. The molecule has 7 nitrogen and oxygen atoms in total. The van der Waals surface area contributed by atoms with Crippen LogP contribution < -0.4 is 10.1 Å². The minimum atomic E-state index is -0.218. The molecule has 7 heteroatoms. The fourth-order valence-electron chi connectivity index (χ4n) is 3.33. The van der Waals surface area contributed by atoms with Crippen LogP contribution in [0.3, 0.4) is 0 Å². The zero-order chi connectivity index (χ0) is 19.5. The number of rotatable bonds is 4. The number of anilines is 1. The van der Waals surface area contributed by atoms with E-state index in [0.717, 1.165) is 24.2 Å². The van der Waals surface area contributed by atoms with Gasteiger partial charge in [0.05, 0.1) is 7.11 Å². The van der Waals surface area contributed by atoms with E-state index < -0.39 is 0 Å². The Labute approximate surface area is 163 Å². The van der Waals surface area contributed by atoms with Crippen molar-refractivity contribution in [1.29, 1.82) is 0 Å². The maximum atomic E-state index is 12.8. The summed E-state index contributed by atoms with van der Waals surface area (Å²) >= 11 is 0. The van der Waals surface area contributed by atoms with Crippen LogP contribution in [0.15, 0.2) is 53.1 Å². The molecule has 1 aliphatic heterocycles. The number of hydrogen-bond acceptors (Lipinski definition) is 5. The van der Waals surface area contributed by atoms with Crippen molar-refractivity contribution in [2.24, 2.45) is 0 Å². The predicted octanol–water partition coefficient (Wildman–Crippen LogP) is 4.42. The summed E-state index contributed by atoms with van der Waals surface area (Å²) in [6.45, 7) is 2.68. The van der Waals surface area contributed by atoms with Crippen LogP contribution >= 0.6 is 0 Å². The molecule has 2 aromatic carbocycles. The van der Waals surface area contributed by atoms with Crippen LogP contribution in [0.4, 0.5) is 10.5 Å². The van der Waals surface area contributed by atoms with E-state index in [4.69, 9.17) is 9.26 Å². The standard InChI is InChI=1S/C21H22N4O3/c1-14-5-7-15(8-6-14)19-23-20(28-24-19)18-4-3-13-25(18)21(26)22-16-9-11-17(27-2)12-10-16/h5-12,18H,3-4,13H2,1-2H3,(H,22,26)/t18-/m0/s1. The highest BCUT2D eigenvalue weighted by atomic mass is 16.5. The molecule has 2 heterocycles. The molecule has 3 aromatic rings. The van der Waals surface area contributed by atoms with Crippen LogP contribution in [0.5, 0.6) is 5.75 Å². The van der Waals surface area contributed by atoms with Gasteiger partial charge < -0.3 is 19.5 Å². The third-order valence-electron chi connectivity index (χ3n) is 4.89. The number of carbonyl (C=O) groups excluding carboxylic acids is 1. The highest BCUT2D eigenvalue weighted by molar-refractivity contribution is 5.89. The minimum Gasteiger partial charge on any atom is -0.497 e. The smallest absolute Gasteiger partial charge is 0.322 e. The van der Waals surface area contributed by atoms with E-state index in [1.807, 2.05) is 55.5 Å². The molecule has 0 unspecified atom stereocenters. The molecule has 1 fully saturated rings. The molecule has 1 atom stereocenters. The van der Waals surface area contributed by atoms with E-state index in [0.29, 0.717) is 23.9 Å². The minimum absolute atomic E-state index is 0.178. The number of aryl methyl sites for hydroxylation is 1. The highest BCUT2D eigenvalue weighted by Crippen LogP contribution is 2.32. The SMILES string of the molecule is COc1ccc(NC(=O)N2CCC[C@H]2c2nc(-c3ccc(C)cc3)no2)cc1. The second-order valence-electron chi connectivity index (χ2n) is 6.83. The topological polar surface area (TPSA) is 80.5 Å². The van der Waals surface area contributed by atoms with Crippen molar-refractivity contribution in [1.82, 2.24) is 15.0 Å². The van der Waals surface area contributed by atoms with Gasteiger partial charge in [-0.15, -0.1) is 0 Å². The molecule has 2 amide bonds. The van der Waals surface area contributed by atoms with Crippen molar-refractivity contribution >= 4 is 11.7 Å². The maximum Gasteiger partial charge on any atom is 0.322 e. The Balaban J connectivity index is 1.48. The zero-order valence-corrected chi connectivity index (χ0v) is 15.9. The second kappa shape index (κ2) is 7.72. The first kappa shape index (κ1) is 18.0. The van der Waals surface area contributed by atoms with Crippen molar-refractivity contribution in [3.63, 3.8) is 0 Å². The van der Waals surface area contributed by atoms with Gasteiger partial charge in [-0.3, -0.25) is 0 Å². The molecular weight excluding hydrogens is 356 g/mol. The van der Waals surface area contributed by atoms with Gasteiger partial charge in [0.15, 0.2) is 0 Å². The van der Waals surface area contributed by atoms with Gasteiger partial charge in [0.25, 0.3) is 0 Å². The Morgan fingerprint density at radius 3 is 2.64 bits per heavy atom. The van der Waals surface area contributed by atoms with Gasteiger partial charge in [-0.2, -0.15) is 4.98 Å². The molecule has 28 heavy (non-hydrogen) atoms. The molecule has 0 aliphatic carbocycles. The summed E-state index contributed by atoms with van der Waals surface area (Å²) in [6, 6.07) is 14.8. The van der Waals surface area contributed by atoms with Crippen molar-refractivity contribution in [2.45, 2.75) is 25.8 Å². The van der Waals surface area contributed by atoms with Gasteiger partial charge in [0, 0.05) is 17.8 Å². The van der Waals surface area contributed by atoms with Crippen molar-refractivity contribution in [3.8, 4) is 17.1 Å². The second-order valence-corrected chi connectivity index (χ2v) is 6.83. The zero-order valence-electron chi connectivity index (χ0n) is 15.9. The number of nitrogens with one attached hydrogen (secondary N) is 1. The van der Waals surface area contributed by atoms with Gasteiger partial charge >= 0.3 is 6.03 Å². The quantitative estimate of drug-likeness (QED) is 0.727. The van der Waals surface area contributed by atoms with E-state index in [-0.39, 0.29) is 12.1 Å². The Hall–Kier alpha value is -3.35. The van der Waals surface area contributed by atoms with Crippen LogP contribution in [0, 0.1) is 6.92 Å². The van der Waals surface area contributed by atoms with Gasteiger partial charge in [-0.05, 0) is 44.0 Å². The van der Waals surface area contributed by atoms with Gasteiger partial charge in [-0.25, -0.2) is 4.79 Å². The molecule has 0 radical (unpaired) electrons. The lowest BCUT2D eigenvalue weighted by Crippen LogP contribution is -2.34. The lowest BCUT2D eigenvalue weighted by molar-refractivity contribution is 0.193. The van der Waals surface area contributed by atoms with Crippen LogP contribution in [0.1, 0.15) is 30.3 Å². The number of hydrogen-bond donors (Lipinski definition) is 1. The number of nitrogens with zero attached hydrogens (tertiary/aromatic N) is 3. The first-order chi connectivity index (χ1) is 13.6. The first-order valence-corrected chi connectivity index (χ1v) is 9.26. The first-order valence-electron chi connectivity index (χ1n) is 9.26. The normalized spacial score (nSPS) is 16.2. The van der Waals surface area contributed by atoms with Gasteiger partial charge in [0.1, 0.15) is 11.8 Å². The summed E-state index contributed by atoms with van der Waals surface area (Å²) in [6.07, 6.45) is 1.69. The molecule has 1 aliphatic rings. The average molecular weight is 378 g/mol. The summed E-state index contributed by atoms with van der Waals surface area (Å²) in [5.74, 6) is 1.75. The Morgan fingerprint density at radius 1 is 1.18 bits per heavy atom. The summed E-state index contributed by atoms with van der Waals surface area (Å²) in [5.41, 5.74) is 2.78. The summed E-state index contributed by atoms with van der Waals surface area (Å²) in [5, 5.41) is 7.02. The highest BCUT2D eigenvalue weighted by Gasteiger charge is 2.34. The molecular formula is C21H22N4O3. The van der Waals surface area contributed by atoms with Crippen molar-refractivity contribution in [2.75, 3.05) is 19.0 Å². The number of likely N-dealkylation sites (tertiary alicyclic amines) is 1. The number of methoxy groups -OCH3 is 1. The van der Waals surface area contributed by atoms with E-state index in [1.54, 1.807) is 12.0 Å². The van der Waals surface area contributed by atoms with E-state index in [1.165, 1.54) is 5.56 Å². The number of urea groups is 1. The van der Waals surface area contributed by atoms with Crippen molar-refractivity contribution in [3.05, 3.63) is 60.0 Å². The Morgan fingerprint density at radius 2 is 1.93 bits per heavy atom. The van der Waals surface area contributed by atoms with Gasteiger partial charge in [0.2, 0.25) is 11.7 Å². The largest absolute Gasteiger partial charge is 0.497 e. The number of ether oxygens (including phenoxy) is 1. The number of aromatic nitrogens is 2. The molecule has 0 spiro atoms. The predicted molar refractivity (Wildman–Crippen MR) is 105 cm³/mol. The molecule has 1 saturated heterocycles. The molecule has 4 rings (SSSR count). The van der Waals surface area contributed by atoms with E-state index >= 15 is 0 Å². The molecule has 0 saturated carbocycles. The van der Waals surface area contributed by atoms with Crippen LogP contribution in [-0.2, 0) is 0 Å². The fraction of sp³-hybridized carbons (Fsp3) is 0.286. The van der Waals surface area contributed by atoms with E-state index in [2.05, 4.69) is 15.5 Å². The third kappa shape index (κ3) is 3.69. The molecule has 0 bridgehead atoms. The molecule has 1 N–H and O–H groups in total. The van der Waals surface area contributed by atoms with Crippen LogP contribution in [0.25, 0.3) is 11.4 Å². The number of carbonyl (C=O) groups is 1. The Bertz CT molecular complexity index is 951. The van der Waals surface area contributed by atoms with Crippen molar-refractivity contribution < 1.29 is 14.1 Å². The number of amides is 2. The Kier molecular flexibility index (Phi) is 4.97. The lowest BCUT2D eigenvalue weighted by atomic mass is 10.1. The average Bonchev–Trinajstić information content (AvgIpc) is 3.38. The third-order valence-corrected chi connectivity index (χ3v) is 4.89. The summed E-state index contributed by atoms with van der Waals surface area (Å²) in [4.78, 5) is 19.0.